The van der Waals surface area contributed by atoms with Gasteiger partial charge in [-0.2, -0.15) is 4.31 Å². The van der Waals surface area contributed by atoms with E-state index in [0.29, 0.717) is 18.8 Å². The Balaban J connectivity index is 1.48. The maximum absolute atomic E-state index is 12.9. The number of nitrogens with zero attached hydrogens (tertiary/aromatic N) is 2. The van der Waals surface area contributed by atoms with Crippen molar-refractivity contribution in [2.75, 3.05) is 38.6 Å². The lowest BCUT2D eigenvalue weighted by atomic mass is 10.2. The van der Waals surface area contributed by atoms with Crippen molar-refractivity contribution in [1.82, 2.24) is 9.21 Å². The Kier molecular flexibility index (Phi) is 7.77. The van der Waals surface area contributed by atoms with E-state index in [2.05, 4.69) is 5.32 Å². The molecule has 1 saturated heterocycles. The third-order valence-electron chi connectivity index (χ3n) is 5.05. The van der Waals surface area contributed by atoms with Gasteiger partial charge in [-0.05, 0) is 61.4 Å². The number of hydrogen-bond acceptors (Lipinski definition) is 6. The van der Waals surface area contributed by atoms with Crippen molar-refractivity contribution in [3.63, 3.8) is 0 Å². The van der Waals surface area contributed by atoms with Crippen LogP contribution in [-0.2, 0) is 24.3 Å². The van der Waals surface area contributed by atoms with Crippen LogP contribution in [0.2, 0.25) is 0 Å². The third-order valence-corrected chi connectivity index (χ3v) is 6.97. The number of nitrogens with one attached hydrogen (secondary N) is 1. The number of hydrogen-bond donors (Lipinski definition) is 1. The van der Waals surface area contributed by atoms with Crippen molar-refractivity contribution in [1.29, 1.82) is 0 Å². The van der Waals surface area contributed by atoms with Gasteiger partial charge in [0.05, 0.1) is 17.0 Å². The monoisotopic (exact) mass is 477 g/mol. The lowest BCUT2D eigenvalue weighted by Gasteiger charge is -2.17. The number of carbonyl (C=O) groups is 3. The fraction of sp³-hybridized carbons (Fsp3) is 0.318. The van der Waals surface area contributed by atoms with Crippen molar-refractivity contribution in [2.24, 2.45) is 0 Å². The molecular formula is C22H24FN3O6S. The number of likely N-dealkylation sites (N-methyl/N-ethyl adjacent to an activating group) is 1. The summed E-state index contributed by atoms with van der Waals surface area (Å²) in [4.78, 5) is 37.6. The average molecular weight is 478 g/mol. The third kappa shape index (κ3) is 6.36. The van der Waals surface area contributed by atoms with Gasteiger partial charge in [0.15, 0.2) is 6.61 Å². The highest BCUT2D eigenvalue weighted by Gasteiger charge is 2.27. The number of ether oxygens (including phenoxy) is 1. The summed E-state index contributed by atoms with van der Waals surface area (Å²) in [5, 5.41) is 2.52. The van der Waals surface area contributed by atoms with Gasteiger partial charge in [0.1, 0.15) is 5.82 Å². The molecule has 1 fully saturated rings. The largest absolute Gasteiger partial charge is 0.452 e. The molecule has 1 N–H and O–H groups in total. The molecule has 176 valence electrons. The van der Waals surface area contributed by atoms with Gasteiger partial charge in [0.25, 0.3) is 5.91 Å². The zero-order valence-corrected chi connectivity index (χ0v) is 18.8. The smallest absolute Gasteiger partial charge is 0.338 e. The van der Waals surface area contributed by atoms with Gasteiger partial charge >= 0.3 is 5.97 Å². The molecule has 0 aromatic heterocycles. The highest BCUT2D eigenvalue weighted by atomic mass is 32.2. The number of carbonyl (C=O) groups excluding carboxylic acids is 3. The summed E-state index contributed by atoms with van der Waals surface area (Å²) < 4.78 is 44.4. The van der Waals surface area contributed by atoms with Gasteiger partial charge in [-0.25, -0.2) is 17.6 Å². The van der Waals surface area contributed by atoms with E-state index in [9.17, 15) is 27.2 Å². The zero-order chi connectivity index (χ0) is 24.0. The molecule has 3 rings (SSSR count). The number of amides is 2. The molecule has 2 aromatic carbocycles. The molecular weight excluding hydrogens is 453 g/mol. The molecule has 0 radical (unpaired) electrons. The molecule has 2 amide bonds. The Morgan fingerprint density at radius 3 is 2.24 bits per heavy atom. The zero-order valence-electron chi connectivity index (χ0n) is 18.0. The van der Waals surface area contributed by atoms with E-state index in [1.165, 1.54) is 59.9 Å². The van der Waals surface area contributed by atoms with E-state index in [1.54, 1.807) is 0 Å². The molecule has 11 heteroatoms. The van der Waals surface area contributed by atoms with Crippen LogP contribution in [0.5, 0.6) is 0 Å². The van der Waals surface area contributed by atoms with E-state index < -0.39 is 40.2 Å². The summed E-state index contributed by atoms with van der Waals surface area (Å²) in [7, 11) is -2.22. The number of anilines is 1. The fourth-order valence-electron chi connectivity index (χ4n) is 3.20. The maximum Gasteiger partial charge on any atom is 0.338 e. The van der Waals surface area contributed by atoms with Crippen LogP contribution in [0.3, 0.4) is 0 Å². The minimum absolute atomic E-state index is 0.0870. The molecule has 0 bridgehead atoms. The predicted molar refractivity (Wildman–Crippen MR) is 117 cm³/mol. The molecule has 1 aliphatic heterocycles. The van der Waals surface area contributed by atoms with E-state index in [1.807, 2.05) is 0 Å². The summed E-state index contributed by atoms with van der Waals surface area (Å²) in [6, 6.07) is 10.5. The molecule has 0 unspecified atom stereocenters. The van der Waals surface area contributed by atoms with Gasteiger partial charge in [0, 0.05) is 25.8 Å². The second-order valence-electron chi connectivity index (χ2n) is 7.52. The number of sulfonamides is 1. The molecule has 0 saturated carbocycles. The maximum atomic E-state index is 12.9. The summed E-state index contributed by atoms with van der Waals surface area (Å²) in [5.74, 6) is -2.34. The van der Waals surface area contributed by atoms with Crippen molar-refractivity contribution in [3.05, 3.63) is 59.9 Å². The Hall–Kier alpha value is -3.31. The first-order valence-corrected chi connectivity index (χ1v) is 11.7. The van der Waals surface area contributed by atoms with E-state index in [4.69, 9.17) is 4.74 Å². The normalized spacial score (nSPS) is 14.0. The highest BCUT2D eigenvalue weighted by molar-refractivity contribution is 7.89. The molecule has 0 spiro atoms. The SMILES string of the molecule is CN(CC(=O)Nc1ccc(F)cc1)C(=O)COC(=O)c1ccc(S(=O)(=O)N2CCCC2)cc1. The van der Waals surface area contributed by atoms with Crippen LogP contribution in [0.4, 0.5) is 10.1 Å². The Labute approximate surface area is 191 Å². The van der Waals surface area contributed by atoms with Crippen molar-refractivity contribution in [3.8, 4) is 0 Å². The summed E-state index contributed by atoms with van der Waals surface area (Å²) in [6.45, 7) is 0.0666. The molecule has 9 nitrogen and oxygen atoms in total. The second-order valence-corrected chi connectivity index (χ2v) is 9.45. The molecule has 0 aliphatic carbocycles. The van der Waals surface area contributed by atoms with Gasteiger partial charge in [-0.15, -0.1) is 0 Å². The first-order valence-electron chi connectivity index (χ1n) is 10.2. The van der Waals surface area contributed by atoms with Gasteiger partial charge in [-0.3, -0.25) is 9.59 Å². The predicted octanol–water partition coefficient (Wildman–Crippen LogP) is 1.86. The van der Waals surface area contributed by atoms with Crippen LogP contribution >= 0.6 is 0 Å². The first-order chi connectivity index (χ1) is 15.7. The standard InChI is InChI=1S/C22H24FN3O6S/c1-25(14-20(27)24-18-8-6-17(23)7-9-18)21(28)15-32-22(29)16-4-10-19(11-5-16)33(30,31)26-12-2-3-13-26/h4-11H,2-3,12-15H2,1H3,(H,24,27). The summed E-state index contributed by atoms with van der Waals surface area (Å²) >= 11 is 0. The molecule has 33 heavy (non-hydrogen) atoms. The second kappa shape index (κ2) is 10.5. The van der Waals surface area contributed by atoms with Crippen LogP contribution in [-0.4, -0.2) is 68.7 Å². The first kappa shape index (κ1) is 24.3. The average Bonchev–Trinajstić information content (AvgIpc) is 3.35. The van der Waals surface area contributed by atoms with E-state index in [-0.39, 0.29) is 17.0 Å². The molecule has 0 atom stereocenters. The van der Waals surface area contributed by atoms with E-state index >= 15 is 0 Å². The Morgan fingerprint density at radius 1 is 1.03 bits per heavy atom. The van der Waals surface area contributed by atoms with Gasteiger partial charge in [0.2, 0.25) is 15.9 Å². The molecule has 2 aromatic rings. The minimum Gasteiger partial charge on any atom is -0.452 e. The highest BCUT2D eigenvalue weighted by Crippen LogP contribution is 2.21. The number of halogens is 1. The van der Waals surface area contributed by atoms with Crippen LogP contribution in [0.1, 0.15) is 23.2 Å². The molecule has 1 heterocycles. The summed E-state index contributed by atoms with van der Waals surface area (Å²) in [6.07, 6.45) is 1.64. The quantitative estimate of drug-likeness (QED) is 0.581. The minimum atomic E-state index is -3.59. The van der Waals surface area contributed by atoms with E-state index in [0.717, 1.165) is 17.7 Å². The number of rotatable bonds is 8. The Bertz CT molecular complexity index is 1110. The van der Waals surface area contributed by atoms with Gasteiger partial charge in [-0.1, -0.05) is 0 Å². The number of esters is 1. The van der Waals surface area contributed by atoms with Crippen molar-refractivity contribution in [2.45, 2.75) is 17.7 Å². The van der Waals surface area contributed by atoms with Crippen LogP contribution in [0.15, 0.2) is 53.4 Å². The van der Waals surface area contributed by atoms with Crippen molar-refractivity contribution < 1.29 is 31.9 Å². The molecule has 1 aliphatic rings. The summed E-state index contributed by atoms with van der Waals surface area (Å²) in [5.41, 5.74) is 0.476. The Morgan fingerprint density at radius 2 is 1.64 bits per heavy atom. The number of benzene rings is 2. The van der Waals surface area contributed by atoms with Gasteiger partial charge < -0.3 is 15.0 Å². The fourth-order valence-corrected chi connectivity index (χ4v) is 4.72. The lowest BCUT2D eigenvalue weighted by molar-refractivity contribution is -0.136. The van der Waals surface area contributed by atoms with Crippen molar-refractivity contribution >= 4 is 33.5 Å². The van der Waals surface area contributed by atoms with Crippen LogP contribution in [0, 0.1) is 5.82 Å². The lowest BCUT2D eigenvalue weighted by Crippen LogP contribution is -2.37. The topological polar surface area (TPSA) is 113 Å². The van der Waals surface area contributed by atoms with Crippen LogP contribution < -0.4 is 5.32 Å². The van der Waals surface area contributed by atoms with Crippen LogP contribution in [0.25, 0.3) is 0 Å².